The van der Waals surface area contributed by atoms with Crippen LogP contribution in [0.3, 0.4) is 0 Å². The number of amides is 3. The molecule has 0 bridgehead atoms. The van der Waals surface area contributed by atoms with E-state index in [2.05, 4.69) is 0 Å². The summed E-state index contributed by atoms with van der Waals surface area (Å²) in [5, 5.41) is 1.98. The molecule has 0 N–H and O–H groups in total. The normalized spacial score (nSPS) is 23.9. The van der Waals surface area contributed by atoms with Crippen LogP contribution in [-0.4, -0.2) is 30.2 Å². The third kappa shape index (κ3) is 3.75. The van der Waals surface area contributed by atoms with Crippen molar-refractivity contribution in [3.8, 4) is 5.75 Å². The lowest BCUT2D eigenvalue weighted by molar-refractivity contribution is -0.139. The fourth-order valence-electron chi connectivity index (χ4n) is 5.84. The summed E-state index contributed by atoms with van der Waals surface area (Å²) < 4.78 is 5.64. The van der Waals surface area contributed by atoms with E-state index in [-0.39, 0.29) is 48.3 Å². The van der Waals surface area contributed by atoms with Crippen molar-refractivity contribution in [2.45, 2.75) is 32.1 Å². The minimum absolute atomic E-state index is 0.0637. The summed E-state index contributed by atoms with van der Waals surface area (Å²) in [6.45, 7) is 0.234. The molecule has 0 aromatic heterocycles. The number of carbonyl (C=O) groups excluding carboxylic acids is 4. The van der Waals surface area contributed by atoms with Gasteiger partial charge in [0.15, 0.2) is 0 Å². The molecule has 7 heteroatoms. The average Bonchev–Trinajstić information content (AvgIpc) is 3.41. The van der Waals surface area contributed by atoms with Gasteiger partial charge in [-0.05, 0) is 36.4 Å². The lowest BCUT2D eigenvalue weighted by Crippen LogP contribution is -2.31. The molecule has 1 saturated carbocycles. The first kappa shape index (κ1) is 22.5. The summed E-state index contributed by atoms with van der Waals surface area (Å²) in [5.74, 6) is -1.82. The topological polar surface area (TPSA) is 84.0 Å². The molecule has 2 saturated heterocycles. The van der Waals surface area contributed by atoms with Gasteiger partial charge in [-0.3, -0.25) is 19.2 Å². The van der Waals surface area contributed by atoms with Crippen LogP contribution in [0.4, 0.5) is 11.4 Å². The van der Waals surface area contributed by atoms with Gasteiger partial charge >= 0.3 is 5.97 Å². The molecular weight excluding hydrogens is 456 g/mol. The SMILES string of the molecule is O=C(Oc1cccc(N2C(=O)[C@@H]3CCCC[C@H]3C2=O)c1)[C@H]1CC(=O)N(c2cccc3ccccc23)C1. The number of ether oxygens (including phenoxy) is 1. The summed E-state index contributed by atoms with van der Waals surface area (Å²) in [6, 6.07) is 20.1. The number of hydrogen-bond acceptors (Lipinski definition) is 5. The maximum atomic E-state index is 13.0. The van der Waals surface area contributed by atoms with Gasteiger partial charge in [0.1, 0.15) is 5.75 Å². The van der Waals surface area contributed by atoms with Crippen LogP contribution in [0.2, 0.25) is 0 Å². The van der Waals surface area contributed by atoms with Gasteiger partial charge in [-0.2, -0.15) is 0 Å². The molecule has 0 unspecified atom stereocenters. The molecule has 3 aromatic carbocycles. The molecule has 2 aliphatic heterocycles. The minimum Gasteiger partial charge on any atom is -0.426 e. The van der Waals surface area contributed by atoms with Crippen molar-refractivity contribution in [2.24, 2.45) is 17.8 Å². The Bertz CT molecular complexity index is 1370. The van der Waals surface area contributed by atoms with Crippen molar-refractivity contribution in [1.29, 1.82) is 0 Å². The van der Waals surface area contributed by atoms with Crippen LogP contribution in [0.1, 0.15) is 32.1 Å². The lowest BCUT2D eigenvalue weighted by Gasteiger charge is -2.19. The van der Waals surface area contributed by atoms with E-state index in [0.717, 1.165) is 42.1 Å². The number of esters is 1. The Morgan fingerprint density at radius 1 is 0.833 bits per heavy atom. The van der Waals surface area contributed by atoms with E-state index < -0.39 is 11.9 Å². The van der Waals surface area contributed by atoms with Crippen LogP contribution in [0.25, 0.3) is 10.8 Å². The average molecular weight is 483 g/mol. The largest absolute Gasteiger partial charge is 0.426 e. The first-order valence-electron chi connectivity index (χ1n) is 12.5. The Kier molecular flexibility index (Phi) is 5.55. The van der Waals surface area contributed by atoms with Gasteiger partial charge in [-0.15, -0.1) is 0 Å². The van der Waals surface area contributed by atoms with Crippen LogP contribution >= 0.6 is 0 Å². The maximum absolute atomic E-state index is 13.0. The van der Waals surface area contributed by atoms with Crippen molar-refractivity contribution >= 4 is 45.8 Å². The fraction of sp³-hybridized carbons (Fsp3) is 0.310. The van der Waals surface area contributed by atoms with Gasteiger partial charge in [0.25, 0.3) is 0 Å². The Balaban J connectivity index is 1.18. The molecule has 7 nitrogen and oxygen atoms in total. The van der Waals surface area contributed by atoms with Crippen LogP contribution in [-0.2, 0) is 19.2 Å². The first-order chi connectivity index (χ1) is 17.5. The second-order valence-electron chi connectivity index (χ2n) is 9.83. The Hall–Kier alpha value is -4.00. The molecule has 182 valence electrons. The molecule has 36 heavy (non-hydrogen) atoms. The lowest BCUT2D eigenvalue weighted by atomic mass is 9.81. The maximum Gasteiger partial charge on any atom is 0.316 e. The third-order valence-electron chi connectivity index (χ3n) is 7.65. The first-order valence-corrected chi connectivity index (χ1v) is 12.5. The summed E-state index contributed by atoms with van der Waals surface area (Å²) in [7, 11) is 0. The molecule has 6 rings (SSSR count). The summed E-state index contributed by atoms with van der Waals surface area (Å²) in [6.07, 6.45) is 3.46. The quantitative estimate of drug-likeness (QED) is 0.311. The second kappa shape index (κ2) is 8.90. The number of rotatable bonds is 4. The van der Waals surface area contributed by atoms with Gasteiger partial charge in [0, 0.05) is 24.4 Å². The summed E-state index contributed by atoms with van der Waals surface area (Å²) in [4.78, 5) is 54.7. The molecule has 0 spiro atoms. The second-order valence-corrected chi connectivity index (χ2v) is 9.83. The molecule has 3 amide bonds. The Labute approximate surface area is 208 Å². The summed E-state index contributed by atoms with van der Waals surface area (Å²) >= 11 is 0. The van der Waals surface area contributed by atoms with Crippen molar-refractivity contribution < 1.29 is 23.9 Å². The molecular formula is C29H26N2O5. The Morgan fingerprint density at radius 3 is 2.31 bits per heavy atom. The van der Waals surface area contributed by atoms with E-state index in [9.17, 15) is 19.2 Å². The van der Waals surface area contributed by atoms with Crippen LogP contribution < -0.4 is 14.5 Å². The number of benzene rings is 3. The monoisotopic (exact) mass is 482 g/mol. The smallest absolute Gasteiger partial charge is 0.316 e. The molecule has 3 aromatic rings. The number of fused-ring (bicyclic) bond motifs is 2. The van der Waals surface area contributed by atoms with Gasteiger partial charge in [0.2, 0.25) is 17.7 Å². The van der Waals surface area contributed by atoms with Gasteiger partial charge in [-0.25, -0.2) is 4.90 Å². The zero-order valence-electron chi connectivity index (χ0n) is 19.8. The zero-order valence-corrected chi connectivity index (χ0v) is 19.8. The molecule has 1 aliphatic carbocycles. The molecule has 0 radical (unpaired) electrons. The molecule has 2 heterocycles. The molecule has 3 fully saturated rings. The van der Waals surface area contributed by atoms with Crippen molar-refractivity contribution in [2.75, 3.05) is 16.3 Å². The molecule has 3 atom stereocenters. The van der Waals surface area contributed by atoms with E-state index >= 15 is 0 Å². The van der Waals surface area contributed by atoms with Crippen molar-refractivity contribution in [1.82, 2.24) is 0 Å². The number of carbonyl (C=O) groups is 4. The highest BCUT2D eigenvalue weighted by Crippen LogP contribution is 2.40. The highest BCUT2D eigenvalue weighted by molar-refractivity contribution is 6.22. The number of nitrogens with zero attached hydrogens (tertiary/aromatic N) is 2. The van der Waals surface area contributed by atoms with Gasteiger partial charge < -0.3 is 9.64 Å². The number of hydrogen-bond donors (Lipinski definition) is 0. The van der Waals surface area contributed by atoms with Crippen molar-refractivity contribution in [3.63, 3.8) is 0 Å². The number of anilines is 2. The van der Waals surface area contributed by atoms with Crippen LogP contribution in [0.5, 0.6) is 5.75 Å². The third-order valence-corrected chi connectivity index (χ3v) is 7.65. The standard InChI is InChI=1S/C29H26N2O5/c32-26-15-19(17-30(26)25-14-5-8-18-7-1-2-11-22(18)25)29(35)36-21-10-6-9-20(16-21)31-27(33)23-12-3-4-13-24(23)28(31)34/h1-2,5-11,14,16,19,23-24H,3-4,12-13,15,17H2/t19-,23+,24+/m0/s1. The van der Waals surface area contributed by atoms with Crippen LogP contribution in [0, 0.1) is 17.8 Å². The highest BCUT2D eigenvalue weighted by atomic mass is 16.5. The highest BCUT2D eigenvalue weighted by Gasteiger charge is 2.48. The minimum atomic E-state index is -0.613. The Morgan fingerprint density at radius 2 is 1.53 bits per heavy atom. The van der Waals surface area contributed by atoms with E-state index in [1.807, 2.05) is 42.5 Å². The van der Waals surface area contributed by atoms with Gasteiger partial charge in [-0.1, -0.05) is 55.3 Å². The van der Waals surface area contributed by atoms with E-state index in [0.29, 0.717) is 5.69 Å². The fourth-order valence-corrected chi connectivity index (χ4v) is 5.84. The predicted octanol–water partition coefficient (Wildman–Crippen LogP) is 4.48. The number of imide groups is 1. The van der Waals surface area contributed by atoms with Gasteiger partial charge in [0.05, 0.1) is 29.1 Å². The predicted molar refractivity (Wildman–Crippen MR) is 134 cm³/mol. The van der Waals surface area contributed by atoms with Crippen LogP contribution in [0.15, 0.2) is 66.7 Å². The zero-order chi connectivity index (χ0) is 24.8. The van der Waals surface area contributed by atoms with E-state index in [1.165, 1.54) is 4.90 Å². The van der Waals surface area contributed by atoms with E-state index in [1.54, 1.807) is 29.2 Å². The summed E-state index contributed by atoms with van der Waals surface area (Å²) in [5.41, 5.74) is 1.20. The van der Waals surface area contributed by atoms with Crippen molar-refractivity contribution in [3.05, 3.63) is 66.7 Å². The molecule has 3 aliphatic rings. The van der Waals surface area contributed by atoms with E-state index in [4.69, 9.17) is 4.74 Å².